The molecule has 21 heavy (non-hydrogen) atoms. The highest BCUT2D eigenvalue weighted by Crippen LogP contribution is 2.23. The first-order valence-corrected chi connectivity index (χ1v) is 7.28. The molecule has 0 aliphatic rings. The molecule has 0 aliphatic carbocycles. The van der Waals surface area contributed by atoms with Crippen molar-refractivity contribution in [3.8, 4) is 5.69 Å². The molecule has 0 spiro atoms. The van der Waals surface area contributed by atoms with Crippen molar-refractivity contribution in [2.45, 2.75) is 26.3 Å². The molecular weight excluding hydrogens is 260 g/mol. The van der Waals surface area contributed by atoms with Crippen LogP contribution in [0.15, 0.2) is 42.6 Å². The van der Waals surface area contributed by atoms with E-state index in [9.17, 15) is 0 Å². The van der Waals surface area contributed by atoms with Gasteiger partial charge in [0.15, 0.2) is 0 Å². The van der Waals surface area contributed by atoms with Gasteiger partial charge in [-0.3, -0.25) is 4.98 Å². The standard InChI is InChI=1S/C17H20N4/c1-12(2)15-8-9-21(20-15)17-10-13(11-18-3)19-16-7-5-4-6-14(16)17/h4-10,12,18H,11H2,1-3H3. The van der Waals surface area contributed by atoms with Crippen molar-refractivity contribution in [2.24, 2.45) is 0 Å². The Kier molecular flexibility index (Phi) is 3.71. The van der Waals surface area contributed by atoms with E-state index in [0.29, 0.717) is 5.92 Å². The van der Waals surface area contributed by atoms with Gasteiger partial charge in [0.1, 0.15) is 0 Å². The lowest BCUT2D eigenvalue weighted by Crippen LogP contribution is -2.08. The monoisotopic (exact) mass is 280 g/mol. The summed E-state index contributed by atoms with van der Waals surface area (Å²) in [6.45, 7) is 5.06. The lowest BCUT2D eigenvalue weighted by atomic mass is 10.1. The first-order chi connectivity index (χ1) is 10.2. The van der Waals surface area contributed by atoms with Crippen molar-refractivity contribution in [1.82, 2.24) is 20.1 Å². The lowest BCUT2D eigenvalue weighted by molar-refractivity contribution is 0.764. The first-order valence-electron chi connectivity index (χ1n) is 7.28. The molecule has 0 atom stereocenters. The van der Waals surface area contributed by atoms with E-state index >= 15 is 0 Å². The molecule has 1 N–H and O–H groups in total. The maximum atomic E-state index is 4.70. The first kappa shape index (κ1) is 13.8. The van der Waals surface area contributed by atoms with Gasteiger partial charge >= 0.3 is 0 Å². The van der Waals surface area contributed by atoms with Crippen LogP contribution in [-0.2, 0) is 6.54 Å². The van der Waals surface area contributed by atoms with Gasteiger partial charge < -0.3 is 5.32 Å². The lowest BCUT2D eigenvalue weighted by Gasteiger charge is -2.10. The van der Waals surface area contributed by atoms with Gasteiger partial charge in [-0.1, -0.05) is 32.0 Å². The third kappa shape index (κ3) is 2.67. The topological polar surface area (TPSA) is 42.7 Å². The number of nitrogens with one attached hydrogen (secondary N) is 1. The van der Waals surface area contributed by atoms with Crippen LogP contribution in [0, 0.1) is 0 Å². The number of fused-ring (bicyclic) bond motifs is 1. The molecular formula is C17H20N4. The molecule has 0 aliphatic heterocycles. The van der Waals surface area contributed by atoms with Gasteiger partial charge in [0.2, 0.25) is 0 Å². The Hall–Kier alpha value is -2.20. The van der Waals surface area contributed by atoms with Crippen LogP contribution in [0.3, 0.4) is 0 Å². The quantitative estimate of drug-likeness (QED) is 0.797. The van der Waals surface area contributed by atoms with Crippen LogP contribution >= 0.6 is 0 Å². The van der Waals surface area contributed by atoms with Crippen molar-refractivity contribution in [2.75, 3.05) is 7.05 Å². The summed E-state index contributed by atoms with van der Waals surface area (Å²) < 4.78 is 1.96. The molecule has 3 rings (SSSR count). The number of benzene rings is 1. The van der Waals surface area contributed by atoms with Crippen LogP contribution in [0.25, 0.3) is 16.6 Å². The van der Waals surface area contributed by atoms with Crippen molar-refractivity contribution < 1.29 is 0 Å². The second-order valence-electron chi connectivity index (χ2n) is 5.52. The average molecular weight is 280 g/mol. The van der Waals surface area contributed by atoms with Gasteiger partial charge in [0.05, 0.1) is 22.6 Å². The van der Waals surface area contributed by atoms with E-state index in [4.69, 9.17) is 5.10 Å². The van der Waals surface area contributed by atoms with Crippen LogP contribution < -0.4 is 5.32 Å². The molecule has 0 saturated heterocycles. The van der Waals surface area contributed by atoms with Gasteiger partial charge in [0, 0.05) is 18.1 Å². The molecule has 2 heterocycles. The molecule has 108 valence electrons. The molecule has 0 radical (unpaired) electrons. The Morgan fingerprint density at radius 3 is 2.71 bits per heavy atom. The van der Waals surface area contributed by atoms with E-state index in [1.165, 1.54) is 0 Å². The molecule has 0 fully saturated rings. The zero-order chi connectivity index (χ0) is 14.8. The summed E-state index contributed by atoms with van der Waals surface area (Å²) in [7, 11) is 1.93. The van der Waals surface area contributed by atoms with Crippen molar-refractivity contribution in [1.29, 1.82) is 0 Å². The number of hydrogen-bond donors (Lipinski definition) is 1. The summed E-state index contributed by atoms with van der Waals surface area (Å²) in [6, 6.07) is 12.4. The Labute approximate surface area is 124 Å². The summed E-state index contributed by atoms with van der Waals surface area (Å²) in [5.41, 5.74) is 4.21. The van der Waals surface area contributed by atoms with Gasteiger partial charge in [-0.25, -0.2) is 4.68 Å². The molecule has 0 saturated carbocycles. The molecule has 1 aromatic carbocycles. The zero-order valence-electron chi connectivity index (χ0n) is 12.7. The number of aromatic nitrogens is 3. The summed E-state index contributed by atoms with van der Waals surface area (Å²) in [5.74, 6) is 0.427. The van der Waals surface area contributed by atoms with E-state index in [1.807, 2.05) is 36.1 Å². The number of pyridine rings is 1. The molecule has 2 aromatic heterocycles. The molecule has 4 heteroatoms. The third-order valence-electron chi connectivity index (χ3n) is 3.55. The normalized spacial score (nSPS) is 11.4. The average Bonchev–Trinajstić information content (AvgIpc) is 2.96. The number of rotatable bonds is 4. The highest BCUT2D eigenvalue weighted by atomic mass is 15.3. The second kappa shape index (κ2) is 5.66. The van der Waals surface area contributed by atoms with E-state index in [1.54, 1.807) is 0 Å². The number of hydrogen-bond acceptors (Lipinski definition) is 3. The molecule has 0 amide bonds. The van der Waals surface area contributed by atoms with E-state index in [0.717, 1.165) is 34.5 Å². The Morgan fingerprint density at radius 2 is 2.00 bits per heavy atom. The van der Waals surface area contributed by atoms with Crippen LogP contribution in [-0.4, -0.2) is 21.8 Å². The molecule has 0 unspecified atom stereocenters. The fourth-order valence-electron chi connectivity index (χ4n) is 2.45. The van der Waals surface area contributed by atoms with Gasteiger partial charge in [-0.15, -0.1) is 0 Å². The Balaban J connectivity index is 2.18. The number of para-hydroxylation sites is 1. The highest BCUT2D eigenvalue weighted by Gasteiger charge is 2.10. The van der Waals surface area contributed by atoms with Crippen LogP contribution in [0.5, 0.6) is 0 Å². The van der Waals surface area contributed by atoms with E-state index < -0.39 is 0 Å². The summed E-state index contributed by atoms with van der Waals surface area (Å²) in [6.07, 6.45) is 2.03. The fraction of sp³-hybridized carbons (Fsp3) is 0.294. The van der Waals surface area contributed by atoms with Crippen molar-refractivity contribution in [3.63, 3.8) is 0 Å². The molecule has 4 nitrogen and oxygen atoms in total. The highest BCUT2D eigenvalue weighted by molar-refractivity contribution is 5.87. The summed E-state index contributed by atoms with van der Waals surface area (Å²) >= 11 is 0. The fourth-order valence-corrected chi connectivity index (χ4v) is 2.45. The van der Waals surface area contributed by atoms with Crippen LogP contribution in [0.2, 0.25) is 0 Å². The van der Waals surface area contributed by atoms with E-state index in [2.05, 4.69) is 42.3 Å². The Bertz CT molecular complexity index is 758. The molecule has 3 aromatic rings. The predicted octanol–water partition coefficient (Wildman–Crippen LogP) is 3.26. The minimum absolute atomic E-state index is 0.427. The van der Waals surface area contributed by atoms with Gasteiger partial charge in [0.25, 0.3) is 0 Å². The smallest absolute Gasteiger partial charge is 0.0758 e. The van der Waals surface area contributed by atoms with Crippen molar-refractivity contribution >= 4 is 10.9 Å². The van der Waals surface area contributed by atoms with Gasteiger partial charge in [-0.2, -0.15) is 5.10 Å². The minimum Gasteiger partial charge on any atom is -0.314 e. The summed E-state index contributed by atoms with van der Waals surface area (Å²) in [4.78, 5) is 4.69. The number of nitrogens with zero attached hydrogens (tertiary/aromatic N) is 3. The van der Waals surface area contributed by atoms with E-state index in [-0.39, 0.29) is 0 Å². The predicted molar refractivity (Wildman–Crippen MR) is 85.7 cm³/mol. The maximum absolute atomic E-state index is 4.70. The Morgan fingerprint density at radius 1 is 1.19 bits per heavy atom. The van der Waals surface area contributed by atoms with Crippen molar-refractivity contribution in [3.05, 3.63) is 54.0 Å². The largest absolute Gasteiger partial charge is 0.314 e. The van der Waals surface area contributed by atoms with Crippen LogP contribution in [0.4, 0.5) is 0 Å². The van der Waals surface area contributed by atoms with Gasteiger partial charge in [-0.05, 0) is 31.2 Å². The zero-order valence-corrected chi connectivity index (χ0v) is 12.7. The maximum Gasteiger partial charge on any atom is 0.0758 e. The minimum atomic E-state index is 0.427. The van der Waals surface area contributed by atoms with Crippen LogP contribution in [0.1, 0.15) is 31.2 Å². The SMILES string of the molecule is CNCc1cc(-n2ccc(C(C)C)n2)c2ccccc2n1. The second-order valence-corrected chi connectivity index (χ2v) is 5.52. The summed E-state index contributed by atoms with van der Waals surface area (Å²) in [5, 5.41) is 8.98. The molecule has 0 bridgehead atoms. The third-order valence-corrected chi connectivity index (χ3v) is 3.55.